The maximum atomic E-state index is 12.4. The number of aromatic amines is 1. The fourth-order valence-corrected chi connectivity index (χ4v) is 2.92. The Morgan fingerprint density at radius 1 is 1.16 bits per heavy atom. The number of ketones is 1. The number of pyridine rings is 1. The zero-order valence-corrected chi connectivity index (χ0v) is 15.1. The van der Waals surface area contributed by atoms with Crippen LogP contribution in [-0.2, 0) is 11.2 Å². The highest BCUT2D eigenvalue weighted by atomic mass is 16.1. The van der Waals surface area contributed by atoms with Crippen LogP contribution in [-0.4, -0.2) is 16.7 Å². The second-order valence-corrected chi connectivity index (χ2v) is 6.41. The number of hydrogen-bond acceptors (Lipinski definition) is 3. The first-order chi connectivity index (χ1) is 11.8. The Balaban J connectivity index is 2.04. The molecule has 0 aliphatic rings. The maximum Gasteiger partial charge on any atom is 0.251 e. The van der Waals surface area contributed by atoms with Gasteiger partial charge >= 0.3 is 0 Å². The van der Waals surface area contributed by atoms with Gasteiger partial charge in [-0.15, -0.1) is 0 Å². The largest absolute Gasteiger partial charge is 0.350 e. The van der Waals surface area contributed by atoms with Gasteiger partial charge in [-0.25, -0.2) is 0 Å². The molecule has 5 nitrogen and oxygen atoms in total. The molecule has 1 amide bonds. The molecule has 5 heteroatoms. The molecule has 2 rings (SSSR count). The van der Waals surface area contributed by atoms with Crippen molar-refractivity contribution in [2.24, 2.45) is 0 Å². The summed E-state index contributed by atoms with van der Waals surface area (Å²) in [6.07, 6.45) is 0.706. The van der Waals surface area contributed by atoms with E-state index < -0.39 is 0 Å². The SMILES string of the molecule is CC(=O)NC(C)c1ccc(C(=O)CCc2c(C)cc(C)[nH]c2=O)cc1. The highest BCUT2D eigenvalue weighted by Gasteiger charge is 2.12. The normalized spacial score (nSPS) is 11.8. The fourth-order valence-electron chi connectivity index (χ4n) is 2.92. The number of carbonyl (C=O) groups excluding carboxylic acids is 2. The quantitative estimate of drug-likeness (QED) is 0.794. The molecule has 25 heavy (non-hydrogen) atoms. The van der Waals surface area contributed by atoms with E-state index in [1.54, 1.807) is 12.1 Å². The average Bonchev–Trinajstić information content (AvgIpc) is 2.53. The molecule has 2 N–H and O–H groups in total. The lowest BCUT2D eigenvalue weighted by Crippen LogP contribution is -2.23. The van der Waals surface area contributed by atoms with E-state index in [0.29, 0.717) is 17.5 Å². The number of nitrogens with one attached hydrogen (secondary N) is 2. The fraction of sp³-hybridized carbons (Fsp3) is 0.350. The van der Waals surface area contributed by atoms with Crippen molar-refractivity contribution >= 4 is 11.7 Å². The average molecular weight is 340 g/mol. The molecule has 0 radical (unpaired) electrons. The van der Waals surface area contributed by atoms with E-state index in [4.69, 9.17) is 0 Å². The van der Waals surface area contributed by atoms with Crippen molar-refractivity contribution in [3.8, 4) is 0 Å². The van der Waals surface area contributed by atoms with Gasteiger partial charge in [0.2, 0.25) is 5.91 Å². The molecule has 0 saturated heterocycles. The van der Waals surface area contributed by atoms with Crippen molar-refractivity contribution in [1.82, 2.24) is 10.3 Å². The zero-order valence-electron chi connectivity index (χ0n) is 15.1. The monoisotopic (exact) mass is 340 g/mol. The van der Waals surface area contributed by atoms with E-state index in [-0.39, 0.29) is 29.7 Å². The molecule has 132 valence electrons. The first kappa shape index (κ1) is 18.6. The number of rotatable bonds is 6. The molecule has 1 heterocycles. The van der Waals surface area contributed by atoms with Crippen LogP contribution in [0.25, 0.3) is 0 Å². The highest BCUT2D eigenvalue weighted by molar-refractivity contribution is 5.96. The molecule has 2 aromatic rings. The van der Waals surface area contributed by atoms with Gasteiger partial charge in [-0.1, -0.05) is 24.3 Å². The van der Waals surface area contributed by atoms with Gasteiger partial charge in [0.25, 0.3) is 5.56 Å². The van der Waals surface area contributed by atoms with Crippen LogP contribution < -0.4 is 10.9 Å². The van der Waals surface area contributed by atoms with Crippen LogP contribution in [0, 0.1) is 13.8 Å². The second kappa shape index (κ2) is 7.92. The van der Waals surface area contributed by atoms with Crippen molar-refractivity contribution in [3.05, 3.63) is 68.6 Å². The van der Waals surface area contributed by atoms with E-state index >= 15 is 0 Å². The Bertz CT molecular complexity index is 835. The van der Waals surface area contributed by atoms with Crippen molar-refractivity contribution in [3.63, 3.8) is 0 Å². The van der Waals surface area contributed by atoms with Gasteiger partial charge in [-0.3, -0.25) is 14.4 Å². The minimum Gasteiger partial charge on any atom is -0.350 e. The molecule has 1 aromatic carbocycles. The maximum absolute atomic E-state index is 12.4. The number of benzene rings is 1. The van der Waals surface area contributed by atoms with Crippen LogP contribution in [0.3, 0.4) is 0 Å². The molecule has 0 aliphatic heterocycles. The Hall–Kier alpha value is -2.69. The van der Waals surface area contributed by atoms with Crippen molar-refractivity contribution in [2.75, 3.05) is 0 Å². The summed E-state index contributed by atoms with van der Waals surface area (Å²) in [5.41, 5.74) is 3.83. The Kier molecular flexibility index (Phi) is 5.91. The van der Waals surface area contributed by atoms with Gasteiger partial charge in [-0.05, 0) is 44.4 Å². The molecule has 0 spiro atoms. The van der Waals surface area contributed by atoms with Crippen molar-refractivity contribution in [2.45, 2.75) is 46.6 Å². The van der Waals surface area contributed by atoms with Gasteiger partial charge in [0, 0.05) is 30.2 Å². The summed E-state index contributed by atoms with van der Waals surface area (Å²) in [4.78, 5) is 38.3. The lowest BCUT2D eigenvalue weighted by molar-refractivity contribution is -0.119. The summed E-state index contributed by atoms with van der Waals surface area (Å²) in [5.74, 6) is -0.0931. The predicted octanol–water partition coefficient (Wildman–Crippen LogP) is 3.00. The Morgan fingerprint density at radius 3 is 2.36 bits per heavy atom. The van der Waals surface area contributed by atoms with Crippen LogP contribution in [0.15, 0.2) is 35.1 Å². The number of amides is 1. The summed E-state index contributed by atoms with van der Waals surface area (Å²) in [6, 6.07) is 9.04. The zero-order chi connectivity index (χ0) is 18.6. The number of Topliss-reactive ketones (excluding diaryl/α,β-unsaturated/α-hetero) is 1. The van der Waals surface area contributed by atoms with E-state index in [0.717, 1.165) is 16.8 Å². The third-order valence-corrected chi connectivity index (χ3v) is 4.25. The van der Waals surface area contributed by atoms with Crippen LogP contribution in [0.2, 0.25) is 0 Å². The van der Waals surface area contributed by atoms with Gasteiger partial charge in [0.05, 0.1) is 6.04 Å². The highest BCUT2D eigenvalue weighted by Crippen LogP contribution is 2.15. The number of carbonyl (C=O) groups is 2. The number of H-pyrrole nitrogens is 1. The topological polar surface area (TPSA) is 79.0 Å². The molecule has 0 saturated carbocycles. The lowest BCUT2D eigenvalue weighted by Gasteiger charge is -2.13. The standard InChI is InChI=1S/C20H24N2O3/c1-12-11-13(2)21-20(25)18(12)9-10-19(24)17-7-5-16(6-8-17)14(3)22-15(4)23/h5-8,11,14H,9-10H2,1-4H3,(H,21,25)(H,22,23). The molecule has 1 atom stereocenters. The van der Waals surface area contributed by atoms with Gasteiger partial charge in [0.1, 0.15) is 0 Å². The molecular formula is C20H24N2O3. The van der Waals surface area contributed by atoms with Crippen molar-refractivity contribution in [1.29, 1.82) is 0 Å². The minimum absolute atomic E-state index is 0.00175. The predicted molar refractivity (Wildman–Crippen MR) is 97.9 cm³/mol. The minimum atomic E-state index is -0.121. The molecule has 0 aliphatic carbocycles. The van der Waals surface area contributed by atoms with Crippen molar-refractivity contribution < 1.29 is 9.59 Å². The molecule has 1 aromatic heterocycles. The smallest absolute Gasteiger partial charge is 0.251 e. The molecular weight excluding hydrogens is 316 g/mol. The number of aromatic nitrogens is 1. The van der Waals surface area contributed by atoms with Crippen LogP contribution in [0.5, 0.6) is 0 Å². The van der Waals surface area contributed by atoms with Crippen LogP contribution >= 0.6 is 0 Å². The molecule has 0 fully saturated rings. The Morgan fingerprint density at radius 2 is 1.80 bits per heavy atom. The van der Waals surface area contributed by atoms with Crippen LogP contribution in [0.4, 0.5) is 0 Å². The first-order valence-corrected chi connectivity index (χ1v) is 8.37. The Labute approximate surface area is 147 Å². The van der Waals surface area contributed by atoms with Gasteiger partial charge < -0.3 is 10.3 Å². The third kappa shape index (κ3) is 4.89. The third-order valence-electron chi connectivity index (χ3n) is 4.25. The number of aryl methyl sites for hydroxylation is 2. The van der Waals surface area contributed by atoms with Gasteiger partial charge in [0.15, 0.2) is 5.78 Å². The second-order valence-electron chi connectivity index (χ2n) is 6.41. The summed E-state index contributed by atoms with van der Waals surface area (Å²) >= 11 is 0. The molecule has 1 unspecified atom stereocenters. The summed E-state index contributed by atoms with van der Waals surface area (Å²) in [7, 11) is 0. The van der Waals surface area contributed by atoms with E-state index in [1.165, 1.54) is 6.92 Å². The first-order valence-electron chi connectivity index (χ1n) is 8.37. The number of hydrogen-bond donors (Lipinski definition) is 2. The summed E-state index contributed by atoms with van der Waals surface area (Å²) < 4.78 is 0. The van der Waals surface area contributed by atoms with Gasteiger partial charge in [-0.2, -0.15) is 0 Å². The van der Waals surface area contributed by atoms with E-state index in [1.807, 2.05) is 39.0 Å². The van der Waals surface area contributed by atoms with E-state index in [9.17, 15) is 14.4 Å². The lowest BCUT2D eigenvalue weighted by atomic mass is 9.99. The summed E-state index contributed by atoms with van der Waals surface area (Å²) in [6.45, 7) is 7.10. The van der Waals surface area contributed by atoms with Crippen LogP contribution in [0.1, 0.15) is 59.1 Å². The molecule has 0 bridgehead atoms. The summed E-state index contributed by atoms with van der Waals surface area (Å²) in [5, 5.41) is 2.81. The van der Waals surface area contributed by atoms with E-state index in [2.05, 4.69) is 10.3 Å².